The Balaban J connectivity index is 2.03. The summed E-state index contributed by atoms with van der Waals surface area (Å²) in [6, 6.07) is 3.87. The Hall–Kier alpha value is -0.940. The van der Waals surface area contributed by atoms with Crippen LogP contribution < -0.4 is 0 Å². The molecule has 2 heterocycles. The van der Waals surface area contributed by atoms with Crippen LogP contribution in [-0.2, 0) is 9.53 Å². The van der Waals surface area contributed by atoms with Gasteiger partial charge >= 0.3 is 0 Å². The molecule has 1 saturated heterocycles. The Bertz CT molecular complexity index is 391. The van der Waals surface area contributed by atoms with Gasteiger partial charge in [-0.3, -0.25) is 4.79 Å². The Morgan fingerprint density at radius 2 is 2.41 bits per heavy atom. The van der Waals surface area contributed by atoms with Gasteiger partial charge in [-0.05, 0) is 26.0 Å². The van der Waals surface area contributed by atoms with Crippen molar-refractivity contribution >= 4 is 17.7 Å². The Morgan fingerprint density at radius 1 is 1.59 bits per heavy atom. The Morgan fingerprint density at radius 3 is 3.06 bits per heavy atom. The lowest BCUT2D eigenvalue weighted by atomic mass is 10.3. The Labute approximate surface area is 105 Å². The maximum absolute atomic E-state index is 11.8. The molecule has 0 radical (unpaired) electrons. The van der Waals surface area contributed by atoms with Gasteiger partial charge in [-0.15, -0.1) is 11.8 Å². The minimum absolute atomic E-state index is 0.0108. The first-order valence-electron chi connectivity index (χ1n) is 5.77. The zero-order valence-corrected chi connectivity index (χ0v) is 11.0. The van der Waals surface area contributed by atoms with Crippen LogP contribution in [0.5, 0.6) is 0 Å². The summed E-state index contributed by atoms with van der Waals surface area (Å²) in [5.74, 6) is 2.42. The van der Waals surface area contributed by atoms with Crippen molar-refractivity contribution in [3.8, 4) is 0 Å². The van der Waals surface area contributed by atoms with Crippen LogP contribution in [0, 0.1) is 6.92 Å². The molecule has 1 aliphatic rings. The lowest BCUT2D eigenvalue weighted by Crippen LogP contribution is -2.31. The normalized spacial score (nSPS) is 20.2. The highest BCUT2D eigenvalue weighted by molar-refractivity contribution is 8.00. The molecule has 1 aromatic rings. The molecule has 4 nitrogen and oxygen atoms in total. The second kappa shape index (κ2) is 5.60. The largest absolute Gasteiger partial charge is 0.463 e. The van der Waals surface area contributed by atoms with Crippen LogP contribution in [0.4, 0.5) is 0 Å². The summed E-state index contributed by atoms with van der Waals surface area (Å²) < 4.78 is 10.9. The van der Waals surface area contributed by atoms with E-state index in [1.807, 2.05) is 30.9 Å². The fourth-order valence-electron chi connectivity index (χ4n) is 1.82. The smallest absolute Gasteiger partial charge is 0.234 e. The van der Waals surface area contributed by atoms with E-state index in [2.05, 4.69) is 0 Å². The first-order chi connectivity index (χ1) is 8.22. The van der Waals surface area contributed by atoms with Crippen molar-refractivity contribution in [1.82, 2.24) is 4.90 Å². The van der Waals surface area contributed by atoms with E-state index >= 15 is 0 Å². The fourth-order valence-corrected chi connectivity index (χ4v) is 2.99. The number of aryl methyl sites for hydroxylation is 1. The van der Waals surface area contributed by atoms with Crippen molar-refractivity contribution in [2.45, 2.75) is 19.2 Å². The highest BCUT2D eigenvalue weighted by Crippen LogP contribution is 2.38. The van der Waals surface area contributed by atoms with Crippen molar-refractivity contribution in [2.75, 3.05) is 25.5 Å². The molecule has 1 aliphatic heterocycles. The van der Waals surface area contributed by atoms with Gasteiger partial charge in [-0.25, -0.2) is 0 Å². The summed E-state index contributed by atoms with van der Waals surface area (Å²) >= 11 is 1.61. The first-order valence-corrected chi connectivity index (χ1v) is 6.82. The van der Waals surface area contributed by atoms with Gasteiger partial charge in [0.1, 0.15) is 16.9 Å². The summed E-state index contributed by atoms with van der Waals surface area (Å²) in [4.78, 5) is 13.6. The van der Waals surface area contributed by atoms with Crippen molar-refractivity contribution in [2.24, 2.45) is 0 Å². The van der Waals surface area contributed by atoms with Gasteiger partial charge in [-0.1, -0.05) is 0 Å². The second-order valence-electron chi connectivity index (χ2n) is 3.90. The quantitative estimate of drug-likeness (QED) is 0.756. The van der Waals surface area contributed by atoms with Gasteiger partial charge in [0.05, 0.1) is 12.4 Å². The van der Waals surface area contributed by atoms with E-state index in [0.29, 0.717) is 25.5 Å². The summed E-state index contributed by atoms with van der Waals surface area (Å²) in [6.45, 7) is 5.76. The molecule has 1 atom stereocenters. The highest BCUT2D eigenvalue weighted by Gasteiger charge is 2.34. The zero-order chi connectivity index (χ0) is 12.3. The van der Waals surface area contributed by atoms with Crippen LogP contribution >= 0.6 is 11.8 Å². The van der Waals surface area contributed by atoms with Crippen LogP contribution in [0.25, 0.3) is 0 Å². The molecule has 1 unspecified atom stereocenters. The summed E-state index contributed by atoms with van der Waals surface area (Å²) in [6.07, 6.45) is 0. The summed E-state index contributed by atoms with van der Waals surface area (Å²) in [7, 11) is 0. The molecular formula is C12H17NO3S. The van der Waals surface area contributed by atoms with Gasteiger partial charge in [0, 0.05) is 13.2 Å². The van der Waals surface area contributed by atoms with E-state index in [-0.39, 0.29) is 11.3 Å². The number of carbonyl (C=O) groups excluding carboxylic acids is 1. The first kappa shape index (κ1) is 12.5. The fraction of sp³-hybridized carbons (Fsp3) is 0.583. The van der Waals surface area contributed by atoms with Crippen molar-refractivity contribution in [3.05, 3.63) is 23.7 Å². The lowest BCUT2D eigenvalue weighted by molar-refractivity contribution is -0.129. The van der Waals surface area contributed by atoms with Gasteiger partial charge < -0.3 is 14.1 Å². The van der Waals surface area contributed by atoms with Crippen LogP contribution in [0.1, 0.15) is 23.8 Å². The van der Waals surface area contributed by atoms with E-state index in [9.17, 15) is 4.79 Å². The number of carbonyl (C=O) groups is 1. The van der Waals surface area contributed by atoms with E-state index < -0.39 is 0 Å². The number of thioether (sulfide) groups is 1. The molecule has 0 saturated carbocycles. The predicted molar refractivity (Wildman–Crippen MR) is 66.9 cm³/mol. The van der Waals surface area contributed by atoms with Crippen LogP contribution in [0.15, 0.2) is 16.5 Å². The van der Waals surface area contributed by atoms with E-state index in [0.717, 1.165) is 11.5 Å². The second-order valence-corrected chi connectivity index (χ2v) is 4.96. The molecule has 0 aromatic carbocycles. The number of furan rings is 1. The minimum Gasteiger partial charge on any atom is -0.463 e. The molecule has 0 spiro atoms. The number of ether oxygens (including phenoxy) is 1. The number of rotatable bonds is 5. The number of hydrogen-bond acceptors (Lipinski definition) is 4. The van der Waals surface area contributed by atoms with Gasteiger partial charge in [0.15, 0.2) is 0 Å². The average Bonchev–Trinajstić information content (AvgIpc) is 2.87. The summed E-state index contributed by atoms with van der Waals surface area (Å²) in [5, 5.41) is 0.0108. The molecule has 1 fully saturated rings. The van der Waals surface area contributed by atoms with Crippen molar-refractivity contribution in [3.63, 3.8) is 0 Å². The van der Waals surface area contributed by atoms with E-state index in [1.54, 1.807) is 11.8 Å². The Kier molecular flexibility index (Phi) is 4.12. The molecule has 0 bridgehead atoms. The standard InChI is InChI=1S/C12H17NO3S/c1-3-15-7-6-13-11(14)8-17-12(13)10-5-4-9(2)16-10/h4-5,12H,3,6-8H2,1-2H3. The molecule has 94 valence electrons. The lowest BCUT2D eigenvalue weighted by Gasteiger charge is -2.21. The zero-order valence-electron chi connectivity index (χ0n) is 10.1. The van der Waals surface area contributed by atoms with Gasteiger partial charge in [0.2, 0.25) is 5.91 Å². The highest BCUT2D eigenvalue weighted by atomic mass is 32.2. The van der Waals surface area contributed by atoms with Crippen LogP contribution in [0.3, 0.4) is 0 Å². The number of hydrogen-bond donors (Lipinski definition) is 0. The predicted octanol–water partition coefficient (Wildman–Crippen LogP) is 2.20. The molecule has 0 aliphatic carbocycles. The number of amides is 1. The van der Waals surface area contributed by atoms with Crippen LogP contribution in [0.2, 0.25) is 0 Å². The van der Waals surface area contributed by atoms with Gasteiger partial charge in [0.25, 0.3) is 0 Å². The maximum atomic E-state index is 11.8. The molecule has 2 rings (SSSR count). The minimum atomic E-state index is 0.0108. The topological polar surface area (TPSA) is 42.7 Å². The maximum Gasteiger partial charge on any atom is 0.234 e. The molecule has 5 heteroatoms. The molecule has 0 N–H and O–H groups in total. The third kappa shape index (κ3) is 2.84. The van der Waals surface area contributed by atoms with Gasteiger partial charge in [-0.2, -0.15) is 0 Å². The molecular weight excluding hydrogens is 238 g/mol. The van der Waals surface area contributed by atoms with E-state index in [4.69, 9.17) is 9.15 Å². The monoisotopic (exact) mass is 255 g/mol. The molecule has 17 heavy (non-hydrogen) atoms. The average molecular weight is 255 g/mol. The third-order valence-corrected chi connectivity index (χ3v) is 3.87. The van der Waals surface area contributed by atoms with Crippen LogP contribution in [-0.4, -0.2) is 36.3 Å². The number of nitrogens with zero attached hydrogens (tertiary/aromatic N) is 1. The summed E-state index contributed by atoms with van der Waals surface area (Å²) in [5.41, 5.74) is 0. The molecule has 1 aromatic heterocycles. The van der Waals surface area contributed by atoms with Crippen molar-refractivity contribution < 1.29 is 13.9 Å². The van der Waals surface area contributed by atoms with Crippen molar-refractivity contribution in [1.29, 1.82) is 0 Å². The van der Waals surface area contributed by atoms with E-state index in [1.165, 1.54) is 0 Å². The third-order valence-electron chi connectivity index (χ3n) is 2.65. The molecule has 1 amide bonds. The SMILES string of the molecule is CCOCCN1C(=O)CSC1c1ccc(C)o1.